The molecule has 13 heavy (non-hydrogen) atoms. The highest BCUT2D eigenvalue weighted by molar-refractivity contribution is 5.86. The van der Waals surface area contributed by atoms with Gasteiger partial charge in [-0.15, -0.1) is 0 Å². The quantitative estimate of drug-likeness (QED) is 0.381. The molecule has 76 valence electrons. The summed E-state index contributed by atoms with van der Waals surface area (Å²) in [5, 5.41) is 36.6. The van der Waals surface area contributed by atoms with E-state index in [1.54, 1.807) is 0 Å². The minimum absolute atomic E-state index is 0.649. The molecule has 1 heterocycles. The Morgan fingerprint density at radius 3 is 2.38 bits per heavy atom. The normalized spacial score (nSPS) is 45.2. The van der Waals surface area contributed by atoms with Gasteiger partial charge in [0.1, 0.15) is 12.2 Å². The highest BCUT2D eigenvalue weighted by Crippen LogP contribution is 2.30. The van der Waals surface area contributed by atoms with Crippen molar-refractivity contribution < 1.29 is 30.0 Å². The van der Waals surface area contributed by atoms with E-state index in [-0.39, 0.29) is 0 Å². The van der Waals surface area contributed by atoms with Crippen molar-refractivity contribution >= 4 is 5.78 Å². The number of ether oxygens (including phenoxy) is 1. The Labute approximate surface area is 74.4 Å². The second kappa shape index (κ2) is 3.32. The number of aliphatic hydroxyl groups excluding tert-OH is 3. The van der Waals surface area contributed by atoms with Crippen LogP contribution in [-0.4, -0.2) is 56.9 Å². The van der Waals surface area contributed by atoms with Gasteiger partial charge in [0.25, 0.3) is 0 Å². The highest BCUT2D eigenvalue weighted by atomic mass is 16.7. The molecular formula is C7H12O6. The molecule has 6 nitrogen and oxygen atoms in total. The van der Waals surface area contributed by atoms with Gasteiger partial charge in [0, 0.05) is 0 Å². The molecule has 0 amide bonds. The predicted octanol–water partition coefficient (Wildman–Crippen LogP) is -2.62. The van der Waals surface area contributed by atoms with E-state index in [0.29, 0.717) is 0 Å². The third kappa shape index (κ3) is 1.36. The van der Waals surface area contributed by atoms with Crippen molar-refractivity contribution in [3.05, 3.63) is 0 Å². The topological polar surface area (TPSA) is 107 Å². The van der Waals surface area contributed by atoms with Crippen LogP contribution in [0.25, 0.3) is 0 Å². The van der Waals surface area contributed by atoms with E-state index in [1.807, 2.05) is 0 Å². The maximum Gasteiger partial charge on any atom is 0.184 e. The summed E-state index contributed by atoms with van der Waals surface area (Å²) in [5.41, 5.74) is -2.21. The third-order valence-electron chi connectivity index (χ3n) is 2.25. The summed E-state index contributed by atoms with van der Waals surface area (Å²) in [6.07, 6.45) is -4.65. The van der Waals surface area contributed by atoms with Crippen LogP contribution < -0.4 is 0 Å². The molecule has 0 aliphatic carbocycles. The third-order valence-corrected chi connectivity index (χ3v) is 2.25. The minimum Gasteiger partial charge on any atom is -0.394 e. The van der Waals surface area contributed by atoms with Gasteiger partial charge >= 0.3 is 0 Å². The van der Waals surface area contributed by atoms with Crippen LogP contribution in [0.1, 0.15) is 6.92 Å². The van der Waals surface area contributed by atoms with E-state index in [2.05, 4.69) is 4.74 Å². The molecule has 4 N–H and O–H groups in total. The zero-order valence-corrected chi connectivity index (χ0v) is 7.04. The summed E-state index contributed by atoms with van der Waals surface area (Å²) in [4.78, 5) is 11.0. The van der Waals surface area contributed by atoms with Crippen LogP contribution in [0.15, 0.2) is 0 Å². The van der Waals surface area contributed by atoms with Gasteiger partial charge in [0.15, 0.2) is 17.7 Å². The summed E-state index contributed by atoms with van der Waals surface area (Å²) in [7, 11) is 0. The van der Waals surface area contributed by atoms with Gasteiger partial charge < -0.3 is 25.2 Å². The van der Waals surface area contributed by atoms with Gasteiger partial charge in [-0.25, -0.2) is 0 Å². The van der Waals surface area contributed by atoms with Crippen LogP contribution in [0.4, 0.5) is 0 Å². The van der Waals surface area contributed by atoms with Gasteiger partial charge in [-0.05, 0) is 6.92 Å². The number of Topliss-reactive ketones (excluding diaryl/α,β-unsaturated/α-hetero) is 1. The summed E-state index contributed by atoms with van der Waals surface area (Å²) in [6, 6.07) is 0. The Kier molecular flexibility index (Phi) is 2.69. The first-order chi connectivity index (χ1) is 5.94. The number of ketones is 1. The van der Waals surface area contributed by atoms with Gasteiger partial charge in [0.05, 0.1) is 6.61 Å². The SMILES string of the molecule is CC(=O)[C@]1(O)[C@@H](CO)O[C@H](O)[C@@H]1O. The maximum absolute atomic E-state index is 11.0. The molecule has 0 bridgehead atoms. The lowest BCUT2D eigenvalue weighted by Gasteiger charge is -2.26. The lowest BCUT2D eigenvalue weighted by molar-refractivity contribution is -0.152. The lowest BCUT2D eigenvalue weighted by Crippen LogP contribution is -2.54. The van der Waals surface area contributed by atoms with Crippen LogP contribution in [0.5, 0.6) is 0 Å². The Morgan fingerprint density at radius 1 is 1.54 bits per heavy atom. The summed E-state index contributed by atoms with van der Waals surface area (Å²) in [5.74, 6) is -0.754. The van der Waals surface area contributed by atoms with Crippen molar-refractivity contribution in [2.75, 3.05) is 6.61 Å². The molecule has 1 saturated heterocycles. The van der Waals surface area contributed by atoms with Crippen LogP contribution >= 0.6 is 0 Å². The summed E-state index contributed by atoms with van der Waals surface area (Å²) >= 11 is 0. The molecule has 0 unspecified atom stereocenters. The van der Waals surface area contributed by atoms with E-state index < -0.39 is 36.5 Å². The molecule has 0 aromatic rings. The molecule has 0 radical (unpaired) electrons. The van der Waals surface area contributed by atoms with Crippen LogP contribution in [-0.2, 0) is 9.53 Å². The van der Waals surface area contributed by atoms with Crippen LogP contribution in [0, 0.1) is 0 Å². The van der Waals surface area contributed by atoms with Gasteiger partial charge in [-0.2, -0.15) is 0 Å². The maximum atomic E-state index is 11.0. The lowest BCUT2D eigenvalue weighted by atomic mass is 9.89. The van der Waals surface area contributed by atoms with Crippen molar-refractivity contribution in [2.45, 2.75) is 31.0 Å². The van der Waals surface area contributed by atoms with Crippen molar-refractivity contribution in [3.8, 4) is 0 Å². The fourth-order valence-electron chi connectivity index (χ4n) is 1.37. The zero-order valence-electron chi connectivity index (χ0n) is 7.04. The fourth-order valence-corrected chi connectivity index (χ4v) is 1.37. The number of aliphatic hydroxyl groups is 4. The smallest absolute Gasteiger partial charge is 0.184 e. The zero-order chi connectivity index (χ0) is 10.2. The standard InChI is InChI=1S/C7H12O6/c1-3(9)7(12)4(2-8)13-6(11)5(7)10/h4-6,8,10-12H,2H2,1H3/t4-,5+,6+,7+/m1/s1. The molecule has 1 rings (SSSR count). The van der Waals surface area contributed by atoms with Gasteiger partial charge in [-0.1, -0.05) is 0 Å². The largest absolute Gasteiger partial charge is 0.394 e. The number of carbonyl (C=O) groups excluding carboxylic acids is 1. The highest BCUT2D eigenvalue weighted by Gasteiger charge is 2.57. The average molecular weight is 192 g/mol. The summed E-state index contributed by atoms with van der Waals surface area (Å²) in [6.45, 7) is 0.400. The molecule has 4 atom stereocenters. The Balaban J connectivity index is 2.97. The van der Waals surface area contributed by atoms with E-state index >= 15 is 0 Å². The molecule has 0 spiro atoms. The van der Waals surface area contributed by atoms with E-state index in [0.717, 1.165) is 6.92 Å². The van der Waals surface area contributed by atoms with Gasteiger partial charge in [-0.3, -0.25) is 4.79 Å². The average Bonchev–Trinajstić information content (AvgIpc) is 2.30. The first-order valence-electron chi connectivity index (χ1n) is 3.80. The second-order valence-electron chi connectivity index (χ2n) is 3.02. The first kappa shape index (κ1) is 10.6. The number of hydrogen-bond acceptors (Lipinski definition) is 6. The molecule has 0 aromatic heterocycles. The molecular weight excluding hydrogens is 180 g/mol. The Bertz CT molecular complexity index is 217. The Morgan fingerprint density at radius 2 is 2.08 bits per heavy atom. The molecule has 0 saturated carbocycles. The van der Waals surface area contributed by atoms with Crippen molar-refractivity contribution in [3.63, 3.8) is 0 Å². The Hall–Kier alpha value is -0.530. The van der Waals surface area contributed by atoms with E-state index in [4.69, 9.17) is 10.2 Å². The van der Waals surface area contributed by atoms with Crippen LogP contribution in [0.3, 0.4) is 0 Å². The molecule has 1 aliphatic rings. The van der Waals surface area contributed by atoms with Crippen molar-refractivity contribution in [2.24, 2.45) is 0 Å². The van der Waals surface area contributed by atoms with Crippen LogP contribution in [0.2, 0.25) is 0 Å². The van der Waals surface area contributed by atoms with Crippen molar-refractivity contribution in [1.29, 1.82) is 0 Å². The first-order valence-corrected chi connectivity index (χ1v) is 3.80. The fraction of sp³-hybridized carbons (Fsp3) is 0.857. The molecule has 6 heteroatoms. The molecule has 1 fully saturated rings. The monoisotopic (exact) mass is 192 g/mol. The predicted molar refractivity (Wildman–Crippen MR) is 39.6 cm³/mol. The van der Waals surface area contributed by atoms with E-state index in [1.165, 1.54) is 0 Å². The summed E-state index contributed by atoms with van der Waals surface area (Å²) < 4.78 is 4.58. The van der Waals surface area contributed by atoms with Crippen molar-refractivity contribution in [1.82, 2.24) is 0 Å². The number of hydrogen-bond donors (Lipinski definition) is 4. The van der Waals surface area contributed by atoms with E-state index in [9.17, 15) is 15.0 Å². The minimum atomic E-state index is -2.21. The number of rotatable bonds is 2. The number of carbonyl (C=O) groups is 1. The van der Waals surface area contributed by atoms with Gasteiger partial charge in [0.2, 0.25) is 0 Å². The molecule has 0 aromatic carbocycles. The second-order valence-corrected chi connectivity index (χ2v) is 3.02. The molecule has 1 aliphatic heterocycles.